The van der Waals surface area contributed by atoms with Gasteiger partial charge in [-0.15, -0.1) is 0 Å². The lowest BCUT2D eigenvalue weighted by Crippen LogP contribution is -2.30. The summed E-state index contributed by atoms with van der Waals surface area (Å²) in [5.41, 5.74) is 0. The molecule has 78 heavy (non-hydrogen) atoms. The molecule has 442 valence electrons. The van der Waals surface area contributed by atoms with E-state index >= 15 is 0 Å². The smallest absolute Gasteiger partial charge is 0.306 e. The van der Waals surface area contributed by atoms with Gasteiger partial charge in [-0.05, 0) is 122 Å². The van der Waals surface area contributed by atoms with Crippen molar-refractivity contribution in [2.75, 3.05) is 13.2 Å². The second-order valence-corrected chi connectivity index (χ2v) is 20.9. The molecule has 0 spiro atoms. The highest BCUT2D eigenvalue weighted by molar-refractivity contribution is 5.71. The molecule has 0 aliphatic carbocycles. The third-order valence-electron chi connectivity index (χ3n) is 13.4. The van der Waals surface area contributed by atoms with Gasteiger partial charge in [0.05, 0.1) is 0 Å². The average molecular weight is 1080 g/mol. The first-order valence-electron chi connectivity index (χ1n) is 32.2. The zero-order valence-electron chi connectivity index (χ0n) is 50.6. The normalized spacial score (nSPS) is 13.0. The standard InChI is InChI=1S/C72H118O6/c1-4-7-10-13-16-19-22-24-26-28-29-30-31-32-33-34-35-36-37-38-39-40-41-42-43-45-46-48-50-53-56-59-62-65-71(74)77-68-69(67-76-70(73)64-61-58-55-52-21-18-15-12-9-6-3)78-72(75)66-63-60-57-54-51-49-47-44-27-25-23-20-17-14-11-8-5-2/h7-8,10-12,15-17,19-20,24-27,29-30,32-33,47,49,54,57,69H,4-6,9,13-14,18,21-23,28,31,34-46,48,50-53,55-56,58-68H2,1-3H3/b10-7-,11-8-,15-12-,19-16-,20-17-,26-24-,27-25-,30-29-,33-32-,49-47-,57-54-. The summed E-state index contributed by atoms with van der Waals surface area (Å²) in [5.74, 6) is -0.973. The van der Waals surface area contributed by atoms with Gasteiger partial charge in [0, 0.05) is 19.3 Å². The lowest BCUT2D eigenvalue weighted by Gasteiger charge is -2.18. The van der Waals surface area contributed by atoms with Crippen LogP contribution in [0.4, 0.5) is 0 Å². The molecule has 1 atom stereocenters. The van der Waals surface area contributed by atoms with Crippen molar-refractivity contribution in [1.29, 1.82) is 0 Å². The second-order valence-electron chi connectivity index (χ2n) is 20.9. The predicted molar refractivity (Wildman–Crippen MR) is 339 cm³/mol. The van der Waals surface area contributed by atoms with Crippen LogP contribution in [0.3, 0.4) is 0 Å². The highest BCUT2D eigenvalue weighted by Crippen LogP contribution is 2.16. The molecule has 0 radical (unpaired) electrons. The number of esters is 3. The van der Waals surface area contributed by atoms with Crippen LogP contribution < -0.4 is 0 Å². The van der Waals surface area contributed by atoms with E-state index in [1.165, 1.54) is 109 Å². The molecular formula is C72H118O6. The molecule has 0 aromatic rings. The zero-order chi connectivity index (χ0) is 56.4. The first kappa shape index (κ1) is 73.5. The van der Waals surface area contributed by atoms with Gasteiger partial charge < -0.3 is 14.2 Å². The maximum atomic E-state index is 12.8. The van der Waals surface area contributed by atoms with Crippen LogP contribution in [0.5, 0.6) is 0 Å². The molecule has 0 rings (SSSR count). The van der Waals surface area contributed by atoms with Crippen LogP contribution in [0.2, 0.25) is 0 Å². The fourth-order valence-electron chi connectivity index (χ4n) is 8.63. The summed E-state index contributed by atoms with van der Waals surface area (Å²) < 4.78 is 16.8. The van der Waals surface area contributed by atoms with Crippen LogP contribution in [-0.4, -0.2) is 37.2 Å². The van der Waals surface area contributed by atoms with E-state index < -0.39 is 6.10 Å². The van der Waals surface area contributed by atoms with Crippen molar-refractivity contribution in [1.82, 2.24) is 0 Å². The molecule has 0 aromatic carbocycles. The number of carbonyl (C=O) groups is 3. The third kappa shape index (κ3) is 62.4. The molecule has 0 aliphatic heterocycles. The Morgan fingerprint density at radius 1 is 0.269 bits per heavy atom. The summed E-state index contributed by atoms with van der Waals surface area (Å²) in [6, 6.07) is 0. The van der Waals surface area contributed by atoms with Gasteiger partial charge >= 0.3 is 17.9 Å². The Morgan fingerprint density at radius 3 is 0.833 bits per heavy atom. The number of hydrogen-bond acceptors (Lipinski definition) is 6. The van der Waals surface area contributed by atoms with Crippen LogP contribution >= 0.6 is 0 Å². The van der Waals surface area contributed by atoms with E-state index in [1.807, 2.05) is 0 Å². The molecule has 0 heterocycles. The van der Waals surface area contributed by atoms with E-state index in [-0.39, 0.29) is 37.5 Å². The maximum absolute atomic E-state index is 12.8. The molecule has 1 unspecified atom stereocenters. The van der Waals surface area contributed by atoms with Crippen molar-refractivity contribution in [2.45, 2.75) is 290 Å². The van der Waals surface area contributed by atoms with Crippen molar-refractivity contribution >= 4 is 17.9 Å². The van der Waals surface area contributed by atoms with Gasteiger partial charge in [-0.1, -0.05) is 276 Å². The van der Waals surface area contributed by atoms with Gasteiger partial charge in [0.25, 0.3) is 0 Å². The summed E-state index contributed by atoms with van der Waals surface area (Å²) in [6.07, 6.45) is 92.1. The molecule has 0 saturated heterocycles. The first-order valence-corrected chi connectivity index (χ1v) is 32.2. The fraction of sp³-hybridized carbons (Fsp3) is 0.653. The van der Waals surface area contributed by atoms with Crippen molar-refractivity contribution in [3.8, 4) is 0 Å². The molecule has 0 aromatic heterocycles. The molecule has 0 bridgehead atoms. The van der Waals surface area contributed by atoms with E-state index in [9.17, 15) is 14.4 Å². The Labute approximate surface area is 481 Å². The Hall–Kier alpha value is -4.45. The van der Waals surface area contributed by atoms with Gasteiger partial charge in [-0.2, -0.15) is 0 Å². The Bertz CT molecular complexity index is 1670. The summed E-state index contributed by atoms with van der Waals surface area (Å²) in [5, 5.41) is 0. The highest BCUT2D eigenvalue weighted by atomic mass is 16.6. The molecular weight excluding hydrogens is 961 g/mol. The topological polar surface area (TPSA) is 78.9 Å². The Balaban J connectivity index is 4.18. The number of hydrogen-bond donors (Lipinski definition) is 0. The Morgan fingerprint density at radius 2 is 0.513 bits per heavy atom. The van der Waals surface area contributed by atoms with Crippen molar-refractivity contribution in [3.05, 3.63) is 134 Å². The summed E-state index contributed by atoms with van der Waals surface area (Å²) >= 11 is 0. The fourth-order valence-corrected chi connectivity index (χ4v) is 8.63. The van der Waals surface area contributed by atoms with Crippen molar-refractivity contribution in [2.24, 2.45) is 0 Å². The molecule has 0 N–H and O–H groups in total. The molecule has 0 fully saturated rings. The monoisotopic (exact) mass is 1080 g/mol. The lowest BCUT2D eigenvalue weighted by molar-refractivity contribution is -0.167. The van der Waals surface area contributed by atoms with E-state index in [1.54, 1.807) is 0 Å². The number of allylic oxidation sites excluding steroid dienone is 22. The number of ether oxygens (including phenoxy) is 3. The lowest BCUT2D eigenvalue weighted by atomic mass is 10.0. The maximum Gasteiger partial charge on any atom is 0.306 e. The van der Waals surface area contributed by atoms with E-state index in [0.717, 1.165) is 128 Å². The van der Waals surface area contributed by atoms with Gasteiger partial charge in [0.2, 0.25) is 0 Å². The average Bonchev–Trinajstić information content (AvgIpc) is 3.44. The summed E-state index contributed by atoms with van der Waals surface area (Å²) in [7, 11) is 0. The van der Waals surface area contributed by atoms with Crippen LogP contribution in [0.1, 0.15) is 284 Å². The number of unbranched alkanes of at least 4 members (excludes halogenated alkanes) is 24. The third-order valence-corrected chi connectivity index (χ3v) is 13.4. The number of carbonyl (C=O) groups excluding carboxylic acids is 3. The van der Waals surface area contributed by atoms with E-state index in [4.69, 9.17) is 14.2 Å². The minimum atomic E-state index is -0.813. The molecule has 0 aliphatic rings. The summed E-state index contributed by atoms with van der Waals surface area (Å²) in [6.45, 7) is 6.30. The predicted octanol–water partition coefficient (Wildman–Crippen LogP) is 22.2. The van der Waals surface area contributed by atoms with Crippen LogP contribution in [-0.2, 0) is 28.6 Å². The van der Waals surface area contributed by atoms with E-state index in [0.29, 0.717) is 19.3 Å². The number of rotatable bonds is 57. The Kier molecular flexibility index (Phi) is 61.4. The molecule has 6 heteroatoms. The van der Waals surface area contributed by atoms with Gasteiger partial charge in [-0.3, -0.25) is 14.4 Å². The largest absolute Gasteiger partial charge is 0.462 e. The summed E-state index contributed by atoms with van der Waals surface area (Å²) in [4.78, 5) is 38.1. The molecule has 6 nitrogen and oxygen atoms in total. The van der Waals surface area contributed by atoms with Crippen LogP contribution in [0.25, 0.3) is 0 Å². The quantitative estimate of drug-likeness (QED) is 0.0261. The van der Waals surface area contributed by atoms with Crippen LogP contribution in [0, 0.1) is 0 Å². The van der Waals surface area contributed by atoms with E-state index in [2.05, 4.69) is 154 Å². The zero-order valence-corrected chi connectivity index (χ0v) is 50.6. The minimum Gasteiger partial charge on any atom is -0.462 e. The van der Waals surface area contributed by atoms with Gasteiger partial charge in [0.15, 0.2) is 6.10 Å². The van der Waals surface area contributed by atoms with Gasteiger partial charge in [0.1, 0.15) is 13.2 Å². The first-order chi connectivity index (χ1) is 38.5. The van der Waals surface area contributed by atoms with Crippen molar-refractivity contribution < 1.29 is 28.6 Å². The molecule has 0 amide bonds. The minimum absolute atomic E-state index is 0.104. The van der Waals surface area contributed by atoms with Crippen molar-refractivity contribution in [3.63, 3.8) is 0 Å². The second kappa shape index (κ2) is 65.1. The molecule has 0 saturated carbocycles. The van der Waals surface area contributed by atoms with Gasteiger partial charge in [-0.25, -0.2) is 0 Å². The highest BCUT2D eigenvalue weighted by Gasteiger charge is 2.19. The van der Waals surface area contributed by atoms with Crippen LogP contribution in [0.15, 0.2) is 134 Å². The SMILES string of the molecule is CC/C=C\C/C=C\C/C=C\C/C=C\C/C=C\CCCCCCCCCCCCCCCCCCCC(=O)OCC(COC(=O)CCCCCCC/C=C\CCC)OC(=O)CCC/C=C\C/C=C\C/C=C\C/C=C\C/C=C\CC.